The normalized spacial score (nSPS) is 15.5. The third-order valence-corrected chi connectivity index (χ3v) is 7.31. The number of aryl methyl sites for hydroxylation is 1. The molecule has 1 N–H and O–H groups in total. The number of aromatic nitrogens is 2. The second-order valence-electron chi connectivity index (χ2n) is 8.23. The molecule has 2 aromatic heterocycles. The van der Waals surface area contributed by atoms with Gasteiger partial charge in [0, 0.05) is 15.5 Å². The first-order chi connectivity index (χ1) is 15.5. The standard InChI is InChI=1S/C25H23ClN2O3S/c1-14-3-9-18-21(11-14)32-25-22(18)24(29)27-23(28-25)16-6-10-19(20(12-16)30-2)31-13-15-4-7-17(26)8-5-15/h4-8,10,12,14H,3,9,11,13H2,1-2H3,(H,27,28,29). The van der Waals surface area contributed by atoms with Crippen molar-refractivity contribution >= 4 is 33.2 Å². The Labute approximate surface area is 195 Å². The van der Waals surface area contributed by atoms with Gasteiger partial charge in [-0.15, -0.1) is 11.3 Å². The van der Waals surface area contributed by atoms with Crippen LogP contribution in [0, 0.1) is 5.92 Å². The molecule has 0 saturated carbocycles. The fourth-order valence-electron chi connectivity index (χ4n) is 4.16. The average Bonchev–Trinajstić information content (AvgIpc) is 3.16. The van der Waals surface area contributed by atoms with Gasteiger partial charge in [-0.05, 0) is 66.6 Å². The van der Waals surface area contributed by atoms with Crippen molar-refractivity contribution in [2.75, 3.05) is 7.11 Å². The number of aromatic amines is 1. The van der Waals surface area contributed by atoms with Crippen LogP contribution in [0.1, 0.15) is 29.3 Å². The van der Waals surface area contributed by atoms with E-state index in [0.717, 1.165) is 40.6 Å². The Morgan fingerprint density at radius 1 is 1.19 bits per heavy atom. The van der Waals surface area contributed by atoms with Crippen molar-refractivity contribution in [1.29, 1.82) is 0 Å². The van der Waals surface area contributed by atoms with Gasteiger partial charge in [-0.2, -0.15) is 0 Å². The molecule has 164 valence electrons. The molecule has 7 heteroatoms. The zero-order chi connectivity index (χ0) is 22.2. The smallest absolute Gasteiger partial charge is 0.260 e. The first kappa shape index (κ1) is 21.0. The third kappa shape index (κ3) is 4.00. The third-order valence-electron chi connectivity index (χ3n) is 5.91. The number of halogens is 1. The van der Waals surface area contributed by atoms with E-state index in [-0.39, 0.29) is 5.56 Å². The molecule has 0 spiro atoms. The van der Waals surface area contributed by atoms with Crippen LogP contribution in [0.4, 0.5) is 0 Å². The summed E-state index contributed by atoms with van der Waals surface area (Å²) < 4.78 is 11.5. The quantitative estimate of drug-likeness (QED) is 0.390. The molecule has 1 unspecified atom stereocenters. The lowest BCUT2D eigenvalue weighted by molar-refractivity contribution is 0.284. The van der Waals surface area contributed by atoms with E-state index in [1.807, 2.05) is 42.5 Å². The number of hydrogen-bond acceptors (Lipinski definition) is 5. The fourth-order valence-corrected chi connectivity index (χ4v) is 5.67. The van der Waals surface area contributed by atoms with Crippen LogP contribution >= 0.6 is 22.9 Å². The van der Waals surface area contributed by atoms with Crippen LogP contribution in [0.2, 0.25) is 5.02 Å². The lowest BCUT2D eigenvalue weighted by Crippen LogP contribution is -2.13. The van der Waals surface area contributed by atoms with Gasteiger partial charge in [-0.3, -0.25) is 4.79 Å². The minimum absolute atomic E-state index is 0.0703. The lowest BCUT2D eigenvalue weighted by atomic mass is 9.89. The van der Waals surface area contributed by atoms with Crippen molar-refractivity contribution in [2.24, 2.45) is 5.92 Å². The molecule has 0 bridgehead atoms. The van der Waals surface area contributed by atoms with Crippen molar-refractivity contribution in [2.45, 2.75) is 32.8 Å². The van der Waals surface area contributed by atoms with Gasteiger partial charge < -0.3 is 14.5 Å². The maximum atomic E-state index is 12.9. The van der Waals surface area contributed by atoms with Crippen LogP contribution < -0.4 is 15.0 Å². The van der Waals surface area contributed by atoms with Crippen LogP contribution in [0.15, 0.2) is 47.3 Å². The van der Waals surface area contributed by atoms with Gasteiger partial charge in [0.2, 0.25) is 0 Å². The number of H-pyrrole nitrogens is 1. The largest absolute Gasteiger partial charge is 0.493 e. The van der Waals surface area contributed by atoms with Gasteiger partial charge in [-0.1, -0.05) is 30.7 Å². The van der Waals surface area contributed by atoms with E-state index in [1.165, 1.54) is 10.4 Å². The summed E-state index contributed by atoms with van der Waals surface area (Å²) in [5, 5.41) is 1.45. The Balaban J connectivity index is 1.45. The van der Waals surface area contributed by atoms with E-state index in [1.54, 1.807) is 18.4 Å². The van der Waals surface area contributed by atoms with E-state index >= 15 is 0 Å². The second-order valence-corrected chi connectivity index (χ2v) is 9.75. The van der Waals surface area contributed by atoms with Crippen LogP contribution in [0.5, 0.6) is 11.5 Å². The molecule has 0 aliphatic heterocycles. The predicted octanol–water partition coefficient (Wildman–Crippen LogP) is 6.02. The Morgan fingerprint density at radius 3 is 2.78 bits per heavy atom. The number of ether oxygens (including phenoxy) is 2. The number of nitrogens with zero attached hydrogens (tertiary/aromatic N) is 1. The molecule has 1 aliphatic rings. The number of nitrogens with one attached hydrogen (secondary N) is 1. The topological polar surface area (TPSA) is 64.2 Å². The Hall–Kier alpha value is -2.83. The highest BCUT2D eigenvalue weighted by Gasteiger charge is 2.23. The van der Waals surface area contributed by atoms with Gasteiger partial charge >= 0.3 is 0 Å². The van der Waals surface area contributed by atoms with Gasteiger partial charge in [0.15, 0.2) is 11.5 Å². The highest BCUT2D eigenvalue weighted by molar-refractivity contribution is 7.18. The van der Waals surface area contributed by atoms with Crippen molar-refractivity contribution in [3.63, 3.8) is 0 Å². The van der Waals surface area contributed by atoms with Crippen LogP contribution in [-0.2, 0) is 19.4 Å². The summed E-state index contributed by atoms with van der Waals surface area (Å²) in [4.78, 5) is 22.8. The highest BCUT2D eigenvalue weighted by atomic mass is 35.5. The first-order valence-corrected chi connectivity index (χ1v) is 11.8. The van der Waals surface area contributed by atoms with Crippen molar-refractivity contribution in [1.82, 2.24) is 9.97 Å². The number of hydrogen-bond donors (Lipinski definition) is 1. The van der Waals surface area contributed by atoms with E-state index in [2.05, 4.69) is 11.9 Å². The SMILES string of the molecule is COc1cc(-c2nc3sc4c(c3c(=O)[nH]2)CCC(C)C4)ccc1OCc1ccc(Cl)cc1. The maximum absolute atomic E-state index is 12.9. The van der Waals surface area contributed by atoms with Crippen molar-refractivity contribution < 1.29 is 9.47 Å². The molecule has 0 fully saturated rings. The van der Waals surface area contributed by atoms with Crippen LogP contribution in [0.25, 0.3) is 21.6 Å². The molecular weight excluding hydrogens is 444 g/mol. The lowest BCUT2D eigenvalue weighted by Gasteiger charge is -2.17. The number of benzene rings is 2. The predicted molar refractivity (Wildman–Crippen MR) is 129 cm³/mol. The minimum Gasteiger partial charge on any atom is -0.493 e. The van der Waals surface area contributed by atoms with E-state index in [0.29, 0.717) is 34.9 Å². The summed E-state index contributed by atoms with van der Waals surface area (Å²) in [6.45, 7) is 2.66. The Kier molecular flexibility index (Phi) is 5.66. The maximum Gasteiger partial charge on any atom is 0.260 e. The van der Waals surface area contributed by atoms with Crippen molar-refractivity contribution in [3.05, 3.63) is 73.8 Å². The van der Waals surface area contributed by atoms with E-state index < -0.39 is 0 Å². The first-order valence-electron chi connectivity index (χ1n) is 10.6. The molecule has 32 heavy (non-hydrogen) atoms. The molecule has 4 aromatic rings. The van der Waals surface area contributed by atoms with Gasteiger partial charge in [0.25, 0.3) is 5.56 Å². The Morgan fingerprint density at radius 2 is 2.00 bits per heavy atom. The summed E-state index contributed by atoms with van der Waals surface area (Å²) in [5.41, 5.74) is 2.90. The summed E-state index contributed by atoms with van der Waals surface area (Å²) in [6.07, 6.45) is 3.10. The Bertz CT molecular complexity index is 1340. The fraction of sp³-hybridized carbons (Fsp3) is 0.280. The summed E-state index contributed by atoms with van der Waals surface area (Å²) in [6, 6.07) is 13.1. The molecule has 2 heterocycles. The molecular formula is C25H23ClN2O3S. The van der Waals surface area contributed by atoms with Crippen molar-refractivity contribution in [3.8, 4) is 22.9 Å². The minimum atomic E-state index is -0.0703. The molecule has 1 atom stereocenters. The van der Waals surface area contributed by atoms with Gasteiger partial charge in [0.1, 0.15) is 17.3 Å². The average molecular weight is 467 g/mol. The van der Waals surface area contributed by atoms with Gasteiger partial charge in [-0.25, -0.2) is 4.98 Å². The molecule has 0 radical (unpaired) electrons. The molecule has 2 aromatic carbocycles. The number of methoxy groups -OCH3 is 1. The number of rotatable bonds is 5. The molecule has 5 rings (SSSR count). The summed E-state index contributed by atoms with van der Waals surface area (Å²) >= 11 is 7.59. The van der Waals surface area contributed by atoms with Crippen LogP contribution in [0.3, 0.4) is 0 Å². The molecule has 0 amide bonds. The van der Waals surface area contributed by atoms with E-state index in [4.69, 9.17) is 26.1 Å². The monoisotopic (exact) mass is 466 g/mol. The molecule has 1 aliphatic carbocycles. The van der Waals surface area contributed by atoms with Crippen LogP contribution in [-0.4, -0.2) is 17.1 Å². The molecule has 0 saturated heterocycles. The number of thiophene rings is 1. The second kappa shape index (κ2) is 8.60. The summed E-state index contributed by atoms with van der Waals surface area (Å²) in [7, 11) is 1.60. The van der Waals surface area contributed by atoms with Gasteiger partial charge in [0.05, 0.1) is 12.5 Å². The molecule has 5 nitrogen and oxygen atoms in total. The highest BCUT2D eigenvalue weighted by Crippen LogP contribution is 2.37. The summed E-state index contributed by atoms with van der Waals surface area (Å²) in [5.74, 6) is 2.39. The zero-order valence-corrected chi connectivity index (χ0v) is 19.5. The van der Waals surface area contributed by atoms with E-state index in [9.17, 15) is 4.79 Å². The number of fused-ring (bicyclic) bond motifs is 3. The zero-order valence-electron chi connectivity index (χ0n) is 17.9.